The zero-order chi connectivity index (χ0) is 61.2. The van der Waals surface area contributed by atoms with Gasteiger partial charge in [0.15, 0.2) is 0 Å². The molecular weight excluding hydrogens is 1060 g/mol. The van der Waals surface area contributed by atoms with E-state index in [2.05, 4.69) is 92.1 Å². The van der Waals surface area contributed by atoms with Gasteiger partial charge in [-0.3, -0.25) is 9.36 Å². The van der Waals surface area contributed by atoms with Crippen LogP contribution in [-0.2, 0) is 18.4 Å². The molecule has 0 heterocycles. The maximum atomic E-state index is 13.0. The predicted octanol–water partition coefficient (Wildman–Crippen LogP) is 22.5. The van der Waals surface area contributed by atoms with E-state index in [1.54, 1.807) is 6.08 Å². The summed E-state index contributed by atoms with van der Waals surface area (Å²) < 4.78 is 23.5. The third-order valence-corrected chi connectivity index (χ3v) is 17.1. The number of aliphatic hydroxyl groups excluding tert-OH is 1. The fourth-order valence-electron chi connectivity index (χ4n) is 10.6. The average Bonchev–Trinajstić information content (AvgIpc) is 3.56. The van der Waals surface area contributed by atoms with Gasteiger partial charge in [-0.15, -0.1) is 0 Å². The summed E-state index contributed by atoms with van der Waals surface area (Å²) in [5.74, 6) is -0.204. The summed E-state index contributed by atoms with van der Waals surface area (Å²) in [5.41, 5.74) is 0. The van der Waals surface area contributed by atoms with Crippen molar-refractivity contribution < 1.29 is 32.9 Å². The lowest BCUT2D eigenvalue weighted by molar-refractivity contribution is -0.870. The molecule has 0 radical (unpaired) electrons. The highest BCUT2D eigenvalue weighted by Gasteiger charge is 2.23. The summed E-state index contributed by atoms with van der Waals surface area (Å²) in [6, 6.07) is -0.908. The van der Waals surface area contributed by atoms with Crippen LogP contribution >= 0.6 is 7.82 Å². The van der Waals surface area contributed by atoms with Crippen LogP contribution in [0, 0.1) is 0 Å². The highest BCUT2D eigenvalue weighted by atomic mass is 31.2. The summed E-state index contributed by atoms with van der Waals surface area (Å²) in [5, 5.41) is 14.0. The van der Waals surface area contributed by atoms with Crippen LogP contribution in [-0.4, -0.2) is 68.5 Å². The van der Waals surface area contributed by atoms with E-state index in [1.807, 2.05) is 27.2 Å². The number of nitrogens with zero attached hydrogens (tertiary/aromatic N) is 1. The largest absolute Gasteiger partial charge is 0.756 e. The van der Waals surface area contributed by atoms with Gasteiger partial charge in [-0.1, -0.05) is 336 Å². The van der Waals surface area contributed by atoms with Crippen LogP contribution in [0.3, 0.4) is 0 Å². The van der Waals surface area contributed by atoms with Crippen molar-refractivity contribution in [2.24, 2.45) is 0 Å². The molecule has 0 aliphatic heterocycles. The molecule has 0 bridgehead atoms. The van der Waals surface area contributed by atoms with Crippen molar-refractivity contribution in [3.63, 3.8) is 0 Å². The van der Waals surface area contributed by atoms with Crippen molar-refractivity contribution in [1.29, 1.82) is 0 Å². The van der Waals surface area contributed by atoms with Crippen molar-refractivity contribution in [3.05, 3.63) is 85.1 Å². The number of nitrogens with one attached hydrogen (secondary N) is 1. The molecule has 8 nitrogen and oxygen atoms in total. The highest BCUT2D eigenvalue weighted by Crippen LogP contribution is 2.38. The number of quaternary nitrogens is 1. The third kappa shape index (κ3) is 67.2. The molecule has 0 rings (SSSR count). The molecule has 9 heteroatoms. The fourth-order valence-corrected chi connectivity index (χ4v) is 11.3. The number of carbonyl (C=O) groups excluding carboxylic acids is 1. The molecule has 2 N–H and O–H groups in total. The van der Waals surface area contributed by atoms with E-state index in [1.165, 1.54) is 244 Å². The van der Waals surface area contributed by atoms with Gasteiger partial charge >= 0.3 is 0 Å². The number of hydrogen-bond acceptors (Lipinski definition) is 6. The molecular formula is C75H139N2O6P. The first-order valence-electron chi connectivity index (χ1n) is 35.9. The molecule has 1 amide bonds. The van der Waals surface area contributed by atoms with Crippen LogP contribution < -0.4 is 10.2 Å². The molecule has 0 fully saturated rings. The highest BCUT2D eigenvalue weighted by molar-refractivity contribution is 7.45. The zero-order valence-corrected chi connectivity index (χ0v) is 57.0. The summed E-state index contributed by atoms with van der Waals surface area (Å²) in [7, 11) is 1.25. The van der Waals surface area contributed by atoms with Crippen molar-refractivity contribution >= 4 is 13.7 Å². The Morgan fingerprint density at radius 3 is 1.11 bits per heavy atom. The number of carbonyl (C=O) groups is 1. The molecule has 0 saturated carbocycles. The van der Waals surface area contributed by atoms with E-state index >= 15 is 0 Å². The second kappa shape index (κ2) is 65.1. The Bertz CT molecular complexity index is 1650. The van der Waals surface area contributed by atoms with E-state index in [9.17, 15) is 19.4 Å². The van der Waals surface area contributed by atoms with Gasteiger partial charge in [0.25, 0.3) is 7.82 Å². The quantitative estimate of drug-likeness (QED) is 0.0272. The summed E-state index contributed by atoms with van der Waals surface area (Å²) in [6.45, 7) is 4.56. The molecule has 84 heavy (non-hydrogen) atoms. The van der Waals surface area contributed by atoms with Crippen LogP contribution in [0.4, 0.5) is 0 Å². The molecule has 3 unspecified atom stereocenters. The van der Waals surface area contributed by atoms with Crippen molar-refractivity contribution in [2.45, 2.75) is 347 Å². The van der Waals surface area contributed by atoms with Crippen molar-refractivity contribution in [2.75, 3.05) is 40.9 Å². The van der Waals surface area contributed by atoms with E-state index in [0.717, 1.165) is 70.6 Å². The first-order valence-corrected chi connectivity index (χ1v) is 37.4. The number of unbranched alkanes of at least 4 members (excludes halogenated alkanes) is 41. The van der Waals surface area contributed by atoms with Crippen LogP contribution in [0.5, 0.6) is 0 Å². The summed E-state index contributed by atoms with van der Waals surface area (Å²) >= 11 is 0. The first-order chi connectivity index (χ1) is 41.0. The smallest absolute Gasteiger partial charge is 0.268 e. The minimum absolute atomic E-state index is 0.00772. The van der Waals surface area contributed by atoms with Gasteiger partial charge in [-0.05, 0) is 77.0 Å². The lowest BCUT2D eigenvalue weighted by atomic mass is 10.0. The number of likely N-dealkylation sites (N-methyl/N-ethyl adjacent to an activating group) is 1. The number of phosphoric ester groups is 1. The topological polar surface area (TPSA) is 108 Å². The minimum Gasteiger partial charge on any atom is -0.756 e. The van der Waals surface area contributed by atoms with Crippen LogP contribution in [0.1, 0.15) is 335 Å². The lowest BCUT2D eigenvalue weighted by Crippen LogP contribution is -2.45. The van der Waals surface area contributed by atoms with E-state index in [-0.39, 0.29) is 12.5 Å². The average molecular weight is 1200 g/mol. The Kier molecular flexibility index (Phi) is 63.3. The first kappa shape index (κ1) is 81.7. The molecule has 0 aromatic rings. The Morgan fingerprint density at radius 1 is 0.429 bits per heavy atom. The molecule has 0 aliphatic carbocycles. The monoisotopic (exact) mass is 1200 g/mol. The van der Waals surface area contributed by atoms with Gasteiger partial charge in [0.2, 0.25) is 5.91 Å². The molecule has 0 aliphatic rings. The molecule has 3 atom stereocenters. The molecule has 0 spiro atoms. The van der Waals surface area contributed by atoms with E-state index in [4.69, 9.17) is 9.05 Å². The molecule has 0 aromatic heterocycles. The second-order valence-corrected chi connectivity index (χ2v) is 27.0. The SMILES string of the molecule is CC/C=C\C/C=C\C/C=C\C/C=C\C/C=C\CCCCCCCCCCCCCCCCCCCC(=O)NC(COP(=O)([O-])OCC[N+](C)(C)C)C(O)/C=C/CC/C=C/CCCCCCCCCCCCCCCCCCCCCCCCC. The van der Waals surface area contributed by atoms with Gasteiger partial charge in [-0.2, -0.15) is 0 Å². The maximum absolute atomic E-state index is 13.0. The van der Waals surface area contributed by atoms with E-state index in [0.29, 0.717) is 17.4 Å². The molecule has 490 valence electrons. The Morgan fingerprint density at radius 2 is 0.738 bits per heavy atom. The Hall–Kier alpha value is -2.32. The zero-order valence-electron chi connectivity index (χ0n) is 56.1. The van der Waals surface area contributed by atoms with E-state index < -0.39 is 26.6 Å². The molecule has 0 saturated heterocycles. The fraction of sp³-hybridized carbons (Fsp3) is 0.800. The summed E-state index contributed by atoms with van der Waals surface area (Å²) in [4.78, 5) is 25.6. The Balaban J connectivity index is 4.08. The number of aliphatic hydroxyl groups is 1. The van der Waals surface area contributed by atoms with Gasteiger partial charge in [-0.25, -0.2) is 0 Å². The van der Waals surface area contributed by atoms with Gasteiger partial charge in [0.1, 0.15) is 13.2 Å². The molecule has 0 aromatic carbocycles. The number of rotatable bonds is 66. The second-order valence-electron chi connectivity index (χ2n) is 25.6. The van der Waals surface area contributed by atoms with Crippen LogP contribution in [0.25, 0.3) is 0 Å². The van der Waals surface area contributed by atoms with Gasteiger partial charge in [0.05, 0.1) is 39.9 Å². The maximum Gasteiger partial charge on any atom is 0.268 e. The predicted molar refractivity (Wildman–Crippen MR) is 367 cm³/mol. The number of amides is 1. The van der Waals surface area contributed by atoms with Gasteiger partial charge in [0, 0.05) is 6.42 Å². The van der Waals surface area contributed by atoms with Crippen molar-refractivity contribution in [1.82, 2.24) is 5.32 Å². The third-order valence-electron chi connectivity index (χ3n) is 16.1. The van der Waals surface area contributed by atoms with Crippen LogP contribution in [0.15, 0.2) is 85.1 Å². The Labute approximate surface area is 522 Å². The van der Waals surface area contributed by atoms with Crippen molar-refractivity contribution in [3.8, 4) is 0 Å². The standard InChI is InChI=1S/C75H139N2O6P/c1-6-8-10-12-14-16-18-20-22-24-26-28-30-32-34-36-37-38-39-41-43-45-47-49-51-53-55-57-59-61-63-65-67-69-75(79)76-73(72-83-84(80,81)82-71-70-77(3,4)5)74(78)68-66-64-62-60-58-56-54-52-50-48-46-44-42-40-35-33-31-29-27-25-23-21-19-17-15-13-11-9-7-2/h8,10,14,16,20,22,26,28,32,34,58,60,66,68,73-74,78H,6-7,9,11-13,15,17-19,21,23-25,27,29-31,33,35-57,59,61-65,67,69-72H2,1-5H3,(H-,76,79,80,81)/b10-8-,16-14-,22-20-,28-26-,34-32-,60-58+,68-66+. The summed E-state index contributed by atoms with van der Waals surface area (Å²) in [6.07, 6.45) is 92.9. The minimum atomic E-state index is -4.62. The lowest BCUT2D eigenvalue weighted by Gasteiger charge is -2.29. The number of hydrogen-bond donors (Lipinski definition) is 2. The number of allylic oxidation sites excluding steroid dienone is 13. The normalized spacial score (nSPS) is 14.1. The number of phosphoric acid groups is 1. The van der Waals surface area contributed by atoms with Crippen LogP contribution in [0.2, 0.25) is 0 Å². The van der Waals surface area contributed by atoms with Gasteiger partial charge < -0.3 is 28.8 Å².